The van der Waals surface area contributed by atoms with Gasteiger partial charge in [-0.15, -0.1) is 0 Å². The van der Waals surface area contributed by atoms with Crippen molar-refractivity contribution in [3.8, 4) is 11.5 Å². The number of hydrogen-bond donors (Lipinski definition) is 1. The number of carbonyl (C=O) groups is 1. The van der Waals surface area contributed by atoms with Crippen molar-refractivity contribution in [1.29, 1.82) is 0 Å². The Balaban J connectivity index is 1.74. The number of ether oxygens (including phenoxy) is 2. The lowest BCUT2D eigenvalue weighted by Gasteiger charge is -2.04. The van der Waals surface area contributed by atoms with Crippen LogP contribution in [0.3, 0.4) is 0 Å². The van der Waals surface area contributed by atoms with Gasteiger partial charge in [0.2, 0.25) is 0 Å². The molecular formula is C18H18N2O3. The predicted octanol–water partition coefficient (Wildman–Crippen LogP) is 2.78. The third-order valence-electron chi connectivity index (χ3n) is 2.76. The molecule has 2 aromatic carbocycles. The molecule has 0 radical (unpaired) electrons. The van der Waals surface area contributed by atoms with E-state index in [0.29, 0.717) is 12.4 Å². The minimum atomic E-state index is -0.323. The highest BCUT2D eigenvalue weighted by Gasteiger charge is 2.00. The average molecular weight is 310 g/mol. The van der Waals surface area contributed by atoms with Crippen LogP contribution in [0.1, 0.15) is 5.56 Å². The Morgan fingerprint density at radius 1 is 1.04 bits per heavy atom. The van der Waals surface area contributed by atoms with Crippen molar-refractivity contribution in [1.82, 2.24) is 5.43 Å². The van der Waals surface area contributed by atoms with Gasteiger partial charge in [0.15, 0.2) is 6.61 Å². The standard InChI is InChI=1S/C18H18N2O3/c1-2-12-22-17-10-8-15(9-11-17)13-19-20-18(21)14-23-16-6-4-3-5-7-16/h2-11,13H,1,12,14H2,(H,20,21). The van der Waals surface area contributed by atoms with Gasteiger partial charge in [-0.3, -0.25) is 4.79 Å². The second-order valence-corrected chi connectivity index (χ2v) is 4.56. The first-order valence-electron chi connectivity index (χ1n) is 7.11. The van der Waals surface area contributed by atoms with Crippen molar-refractivity contribution in [2.75, 3.05) is 13.2 Å². The molecule has 0 fully saturated rings. The number of amides is 1. The monoisotopic (exact) mass is 310 g/mol. The van der Waals surface area contributed by atoms with Gasteiger partial charge >= 0.3 is 0 Å². The van der Waals surface area contributed by atoms with Gasteiger partial charge in [-0.25, -0.2) is 5.43 Å². The number of benzene rings is 2. The fraction of sp³-hybridized carbons (Fsp3) is 0.111. The topological polar surface area (TPSA) is 59.9 Å². The van der Waals surface area contributed by atoms with Gasteiger partial charge in [0.25, 0.3) is 5.91 Å². The molecule has 0 aliphatic heterocycles. The lowest BCUT2D eigenvalue weighted by atomic mass is 10.2. The van der Waals surface area contributed by atoms with Gasteiger partial charge in [0.05, 0.1) is 6.21 Å². The van der Waals surface area contributed by atoms with Gasteiger partial charge in [0, 0.05) is 0 Å². The molecule has 2 aromatic rings. The van der Waals surface area contributed by atoms with E-state index in [2.05, 4.69) is 17.1 Å². The van der Waals surface area contributed by atoms with Crippen molar-refractivity contribution in [3.05, 3.63) is 72.8 Å². The zero-order valence-corrected chi connectivity index (χ0v) is 12.6. The summed E-state index contributed by atoms with van der Waals surface area (Å²) in [6.07, 6.45) is 3.24. The van der Waals surface area contributed by atoms with Crippen molar-refractivity contribution in [2.45, 2.75) is 0 Å². The predicted molar refractivity (Wildman–Crippen MR) is 89.8 cm³/mol. The Hall–Kier alpha value is -3.08. The van der Waals surface area contributed by atoms with E-state index in [1.54, 1.807) is 24.4 Å². The van der Waals surface area contributed by atoms with E-state index in [1.807, 2.05) is 42.5 Å². The number of nitrogens with one attached hydrogen (secondary N) is 1. The smallest absolute Gasteiger partial charge is 0.277 e. The second-order valence-electron chi connectivity index (χ2n) is 4.56. The number of nitrogens with zero attached hydrogens (tertiary/aromatic N) is 1. The maximum atomic E-state index is 11.6. The Kier molecular flexibility index (Phi) is 6.41. The first kappa shape index (κ1) is 16.3. The van der Waals surface area contributed by atoms with Crippen LogP contribution in [0.4, 0.5) is 0 Å². The van der Waals surface area contributed by atoms with E-state index in [4.69, 9.17) is 9.47 Å². The van der Waals surface area contributed by atoms with Crippen molar-refractivity contribution >= 4 is 12.1 Å². The first-order valence-corrected chi connectivity index (χ1v) is 7.11. The maximum absolute atomic E-state index is 11.6. The lowest BCUT2D eigenvalue weighted by Crippen LogP contribution is -2.24. The summed E-state index contributed by atoms with van der Waals surface area (Å²) in [5.74, 6) is 1.07. The molecule has 0 bridgehead atoms. The third-order valence-corrected chi connectivity index (χ3v) is 2.76. The zero-order chi connectivity index (χ0) is 16.3. The van der Waals surface area contributed by atoms with E-state index in [-0.39, 0.29) is 12.5 Å². The van der Waals surface area contributed by atoms with E-state index in [9.17, 15) is 4.79 Å². The van der Waals surface area contributed by atoms with Gasteiger partial charge in [-0.2, -0.15) is 5.10 Å². The van der Waals surface area contributed by atoms with Crippen LogP contribution in [0, 0.1) is 0 Å². The Bertz CT molecular complexity index is 652. The van der Waals surface area contributed by atoms with Crippen molar-refractivity contribution < 1.29 is 14.3 Å². The summed E-state index contributed by atoms with van der Waals surface area (Å²) in [6.45, 7) is 3.96. The summed E-state index contributed by atoms with van der Waals surface area (Å²) in [6, 6.07) is 16.5. The molecule has 0 saturated heterocycles. The van der Waals surface area contributed by atoms with E-state index in [0.717, 1.165) is 11.3 Å². The zero-order valence-electron chi connectivity index (χ0n) is 12.6. The summed E-state index contributed by atoms with van der Waals surface area (Å²) in [5, 5.41) is 3.88. The number of para-hydroxylation sites is 1. The number of rotatable bonds is 8. The minimum Gasteiger partial charge on any atom is -0.490 e. The molecule has 0 heterocycles. The van der Waals surface area contributed by atoms with Crippen LogP contribution in [-0.4, -0.2) is 25.3 Å². The van der Waals surface area contributed by atoms with E-state index >= 15 is 0 Å². The first-order chi connectivity index (χ1) is 11.3. The van der Waals surface area contributed by atoms with Crippen LogP contribution in [-0.2, 0) is 4.79 Å². The molecule has 2 rings (SSSR count). The fourth-order valence-corrected chi connectivity index (χ4v) is 1.68. The minimum absolute atomic E-state index is 0.0876. The number of carbonyl (C=O) groups excluding carboxylic acids is 1. The lowest BCUT2D eigenvalue weighted by molar-refractivity contribution is -0.123. The highest BCUT2D eigenvalue weighted by molar-refractivity contribution is 5.83. The van der Waals surface area contributed by atoms with Crippen LogP contribution in [0.2, 0.25) is 0 Å². The van der Waals surface area contributed by atoms with Gasteiger partial charge in [-0.1, -0.05) is 30.9 Å². The molecule has 0 unspecified atom stereocenters. The second kappa shape index (κ2) is 9.04. The molecule has 0 spiro atoms. The average Bonchev–Trinajstić information content (AvgIpc) is 2.60. The molecule has 118 valence electrons. The molecule has 1 amide bonds. The molecule has 0 atom stereocenters. The molecular weight excluding hydrogens is 292 g/mol. The Morgan fingerprint density at radius 2 is 1.74 bits per heavy atom. The van der Waals surface area contributed by atoms with Crippen LogP contribution >= 0.6 is 0 Å². The molecule has 5 nitrogen and oxygen atoms in total. The number of hydrogen-bond acceptors (Lipinski definition) is 4. The van der Waals surface area contributed by atoms with Gasteiger partial charge < -0.3 is 9.47 Å². The SMILES string of the molecule is C=CCOc1ccc(C=NNC(=O)COc2ccccc2)cc1. The van der Waals surface area contributed by atoms with Crippen LogP contribution in [0.15, 0.2) is 72.4 Å². The molecule has 23 heavy (non-hydrogen) atoms. The van der Waals surface area contributed by atoms with Gasteiger partial charge in [-0.05, 0) is 42.0 Å². The highest BCUT2D eigenvalue weighted by Crippen LogP contribution is 2.11. The van der Waals surface area contributed by atoms with Crippen LogP contribution < -0.4 is 14.9 Å². The van der Waals surface area contributed by atoms with Crippen molar-refractivity contribution in [3.63, 3.8) is 0 Å². The van der Waals surface area contributed by atoms with Gasteiger partial charge in [0.1, 0.15) is 18.1 Å². The maximum Gasteiger partial charge on any atom is 0.277 e. The molecule has 1 N–H and O–H groups in total. The molecule has 0 aliphatic carbocycles. The molecule has 0 aliphatic rings. The van der Waals surface area contributed by atoms with Crippen LogP contribution in [0.5, 0.6) is 11.5 Å². The third kappa shape index (κ3) is 6.05. The fourth-order valence-electron chi connectivity index (χ4n) is 1.68. The normalized spacial score (nSPS) is 10.3. The largest absolute Gasteiger partial charge is 0.490 e. The van der Waals surface area contributed by atoms with Crippen LogP contribution in [0.25, 0.3) is 0 Å². The number of hydrazone groups is 1. The van der Waals surface area contributed by atoms with Crippen molar-refractivity contribution in [2.24, 2.45) is 5.10 Å². The van der Waals surface area contributed by atoms with E-state index < -0.39 is 0 Å². The quantitative estimate of drug-likeness (QED) is 0.463. The summed E-state index contributed by atoms with van der Waals surface area (Å²) in [4.78, 5) is 11.6. The molecule has 0 aromatic heterocycles. The Labute approximate surface area is 135 Å². The molecule has 5 heteroatoms. The Morgan fingerprint density at radius 3 is 2.43 bits per heavy atom. The van der Waals surface area contributed by atoms with E-state index in [1.165, 1.54) is 0 Å². The molecule has 0 saturated carbocycles. The summed E-state index contributed by atoms with van der Waals surface area (Å²) in [7, 11) is 0. The summed E-state index contributed by atoms with van der Waals surface area (Å²) >= 11 is 0. The summed E-state index contributed by atoms with van der Waals surface area (Å²) in [5.41, 5.74) is 3.26. The summed E-state index contributed by atoms with van der Waals surface area (Å²) < 4.78 is 10.7. The highest BCUT2D eigenvalue weighted by atomic mass is 16.5.